The zero-order valence-electron chi connectivity index (χ0n) is 12.6. The van der Waals surface area contributed by atoms with E-state index >= 15 is 0 Å². The van der Waals surface area contributed by atoms with Crippen molar-refractivity contribution in [3.8, 4) is 0 Å². The van der Waals surface area contributed by atoms with E-state index in [1.165, 1.54) is 4.90 Å². The SMILES string of the molecule is CCO[C@@H]1CCCC[C@H]1NC(=O)N(C)CC(C)C(=O)O. The fourth-order valence-electron chi connectivity index (χ4n) is 2.52. The van der Waals surface area contributed by atoms with Gasteiger partial charge in [-0.3, -0.25) is 4.79 Å². The number of urea groups is 1. The molecule has 1 fully saturated rings. The van der Waals surface area contributed by atoms with E-state index in [1.807, 2.05) is 6.92 Å². The lowest BCUT2D eigenvalue weighted by atomic mass is 9.92. The maximum Gasteiger partial charge on any atom is 0.317 e. The van der Waals surface area contributed by atoms with E-state index in [1.54, 1.807) is 14.0 Å². The van der Waals surface area contributed by atoms with Gasteiger partial charge in [0.05, 0.1) is 18.1 Å². The minimum atomic E-state index is -0.894. The van der Waals surface area contributed by atoms with Crippen molar-refractivity contribution < 1.29 is 19.4 Å². The first-order chi connectivity index (χ1) is 9.45. The van der Waals surface area contributed by atoms with Crippen molar-refractivity contribution >= 4 is 12.0 Å². The van der Waals surface area contributed by atoms with E-state index in [9.17, 15) is 9.59 Å². The average molecular weight is 286 g/mol. The molecule has 0 aliphatic heterocycles. The molecule has 0 heterocycles. The summed E-state index contributed by atoms with van der Waals surface area (Å²) in [6, 6.07) is -0.200. The predicted octanol–water partition coefficient (Wildman–Crippen LogP) is 1.70. The van der Waals surface area contributed by atoms with Gasteiger partial charge in [0.25, 0.3) is 0 Å². The van der Waals surface area contributed by atoms with Gasteiger partial charge in [0, 0.05) is 20.2 Å². The molecule has 0 saturated heterocycles. The standard InChI is InChI=1S/C14H26N2O4/c1-4-20-12-8-6-5-7-11(12)15-14(19)16(3)9-10(2)13(17)18/h10-12H,4-9H2,1-3H3,(H,15,19)(H,17,18)/t10?,11-,12-/m1/s1. The molecule has 1 rings (SSSR count). The van der Waals surface area contributed by atoms with Crippen molar-refractivity contribution in [2.45, 2.75) is 51.7 Å². The molecule has 0 radical (unpaired) electrons. The van der Waals surface area contributed by atoms with Crippen molar-refractivity contribution in [3.05, 3.63) is 0 Å². The third kappa shape index (κ3) is 5.00. The van der Waals surface area contributed by atoms with Crippen molar-refractivity contribution in [2.75, 3.05) is 20.2 Å². The number of amides is 2. The number of nitrogens with zero attached hydrogens (tertiary/aromatic N) is 1. The molecule has 2 N–H and O–H groups in total. The maximum absolute atomic E-state index is 12.1. The summed E-state index contributed by atoms with van der Waals surface area (Å²) in [6.45, 7) is 4.39. The highest BCUT2D eigenvalue weighted by atomic mass is 16.5. The van der Waals surface area contributed by atoms with Gasteiger partial charge in [-0.25, -0.2) is 4.79 Å². The van der Waals surface area contributed by atoms with E-state index in [0.717, 1.165) is 25.7 Å². The van der Waals surface area contributed by atoms with Crippen LogP contribution in [0, 0.1) is 5.92 Å². The Morgan fingerprint density at radius 2 is 2.05 bits per heavy atom. The Bertz CT molecular complexity index is 333. The molecule has 6 nitrogen and oxygen atoms in total. The van der Waals surface area contributed by atoms with E-state index in [2.05, 4.69) is 5.32 Å². The number of hydrogen-bond donors (Lipinski definition) is 2. The van der Waals surface area contributed by atoms with Gasteiger partial charge in [-0.15, -0.1) is 0 Å². The average Bonchev–Trinajstić information content (AvgIpc) is 2.40. The lowest BCUT2D eigenvalue weighted by molar-refractivity contribution is -0.141. The predicted molar refractivity (Wildman–Crippen MR) is 75.6 cm³/mol. The summed E-state index contributed by atoms with van der Waals surface area (Å²) >= 11 is 0. The van der Waals surface area contributed by atoms with Gasteiger partial charge < -0.3 is 20.1 Å². The van der Waals surface area contributed by atoms with Crippen LogP contribution in [0.5, 0.6) is 0 Å². The normalized spacial score (nSPS) is 23.9. The molecule has 0 bridgehead atoms. The van der Waals surface area contributed by atoms with Gasteiger partial charge in [0.1, 0.15) is 0 Å². The van der Waals surface area contributed by atoms with Crippen LogP contribution in [0.25, 0.3) is 0 Å². The van der Waals surface area contributed by atoms with Crippen LogP contribution in [-0.2, 0) is 9.53 Å². The van der Waals surface area contributed by atoms with Crippen LogP contribution >= 0.6 is 0 Å². The number of ether oxygens (including phenoxy) is 1. The van der Waals surface area contributed by atoms with Crippen LogP contribution in [-0.4, -0.2) is 54.4 Å². The minimum Gasteiger partial charge on any atom is -0.481 e. The summed E-state index contributed by atoms with van der Waals surface area (Å²) in [6.07, 6.45) is 4.17. The Morgan fingerprint density at radius 3 is 2.65 bits per heavy atom. The molecule has 6 heteroatoms. The molecule has 1 unspecified atom stereocenters. The van der Waals surface area contributed by atoms with Crippen LogP contribution in [0.2, 0.25) is 0 Å². The van der Waals surface area contributed by atoms with Crippen molar-refractivity contribution in [2.24, 2.45) is 5.92 Å². The minimum absolute atomic E-state index is 0.0267. The Hall–Kier alpha value is -1.30. The summed E-state index contributed by atoms with van der Waals surface area (Å²) in [4.78, 5) is 24.3. The van der Waals surface area contributed by atoms with Crippen LogP contribution in [0.1, 0.15) is 39.5 Å². The van der Waals surface area contributed by atoms with Crippen LogP contribution in [0.3, 0.4) is 0 Å². The summed E-state index contributed by atoms with van der Waals surface area (Å²) in [5, 5.41) is 11.8. The fraction of sp³-hybridized carbons (Fsp3) is 0.857. The number of rotatable bonds is 6. The first-order valence-electron chi connectivity index (χ1n) is 7.31. The molecule has 3 atom stereocenters. The number of carboxylic acid groups (broad SMARTS) is 1. The first-order valence-corrected chi connectivity index (χ1v) is 7.31. The highest BCUT2D eigenvalue weighted by Gasteiger charge is 2.28. The summed E-state index contributed by atoms with van der Waals surface area (Å²) in [5.41, 5.74) is 0. The second-order valence-corrected chi connectivity index (χ2v) is 5.45. The molecule has 1 saturated carbocycles. The molecule has 0 aromatic carbocycles. The number of carbonyl (C=O) groups is 2. The molecule has 0 aromatic heterocycles. The molecule has 1 aliphatic carbocycles. The van der Waals surface area contributed by atoms with E-state index in [4.69, 9.17) is 9.84 Å². The lowest BCUT2D eigenvalue weighted by Gasteiger charge is -2.33. The fourth-order valence-corrected chi connectivity index (χ4v) is 2.52. The first kappa shape index (κ1) is 16.8. The molecule has 2 amide bonds. The monoisotopic (exact) mass is 286 g/mol. The molecular formula is C14H26N2O4. The van der Waals surface area contributed by atoms with Crippen LogP contribution in [0.15, 0.2) is 0 Å². The van der Waals surface area contributed by atoms with Gasteiger partial charge in [0.15, 0.2) is 0 Å². The maximum atomic E-state index is 12.1. The Balaban J connectivity index is 2.48. The largest absolute Gasteiger partial charge is 0.481 e. The quantitative estimate of drug-likeness (QED) is 0.779. The Kier molecular flexibility index (Phi) is 6.78. The van der Waals surface area contributed by atoms with Gasteiger partial charge in [-0.1, -0.05) is 19.8 Å². The lowest BCUT2D eigenvalue weighted by Crippen LogP contribution is -2.51. The molecule has 20 heavy (non-hydrogen) atoms. The van der Waals surface area contributed by atoms with Crippen molar-refractivity contribution in [1.29, 1.82) is 0 Å². The molecule has 0 spiro atoms. The molecule has 116 valence electrons. The summed E-state index contributed by atoms with van der Waals surface area (Å²) in [7, 11) is 1.62. The van der Waals surface area contributed by atoms with Gasteiger partial charge in [-0.2, -0.15) is 0 Å². The highest BCUT2D eigenvalue weighted by molar-refractivity contribution is 5.76. The van der Waals surface area contributed by atoms with E-state index in [-0.39, 0.29) is 24.7 Å². The van der Waals surface area contributed by atoms with Gasteiger partial charge in [-0.05, 0) is 19.8 Å². The number of hydrogen-bond acceptors (Lipinski definition) is 3. The van der Waals surface area contributed by atoms with Crippen molar-refractivity contribution in [3.63, 3.8) is 0 Å². The Morgan fingerprint density at radius 1 is 1.40 bits per heavy atom. The van der Waals surface area contributed by atoms with E-state index < -0.39 is 11.9 Å². The number of carboxylic acids is 1. The van der Waals surface area contributed by atoms with E-state index in [0.29, 0.717) is 6.61 Å². The van der Waals surface area contributed by atoms with Gasteiger partial charge in [0.2, 0.25) is 0 Å². The van der Waals surface area contributed by atoms with Crippen LogP contribution in [0.4, 0.5) is 4.79 Å². The number of carbonyl (C=O) groups excluding carboxylic acids is 1. The second kappa shape index (κ2) is 8.09. The zero-order chi connectivity index (χ0) is 15.1. The summed E-state index contributed by atoms with van der Waals surface area (Å²) in [5.74, 6) is -1.46. The van der Waals surface area contributed by atoms with Gasteiger partial charge >= 0.3 is 12.0 Å². The summed E-state index contributed by atoms with van der Waals surface area (Å²) < 4.78 is 5.67. The smallest absolute Gasteiger partial charge is 0.317 e. The third-order valence-electron chi connectivity index (χ3n) is 3.71. The van der Waals surface area contributed by atoms with Crippen LogP contribution < -0.4 is 5.32 Å². The van der Waals surface area contributed by atoms with Crippen molar-refractivity contribution in [1.82, 2.24) is 10.2 Å². The molecular weight excluding hydrogens is 260 g/mol. The zero-order valence-corrected chi connectivity index (χ0v) is 12.6. The third-order valence-corrected chi connectivity index (χ3v) is 3.71. The highest BCUT2D eigenvalue weighted by Crippen LogP contribution is 2.21. The topological polar surface area (TPSA) is 78.9 Å². The Labute approximate surface area is 120 Å². The number of aliphatic carboxylic acids is 1. The molecule has 1 aliphatic rings. The molecule has 0 aromatic rings. The number of nitrogens with one attached hydrogen (secondary N) is 1. The second-order valence-electron chi connectivity index (χ2n) is 5.45.